The van der Waals surface area contributed by atoms with Gasteiger partial charge < -0.3 is 205 Å². The third kappa shape index (κ3) is 18.5. The van der Waals surface area contributed by atoms with Crippen LogP contribution in [-0.2, 0) is 90.2 Å². The third-order valence-electron chi connectivity index (χ3n) is 18.3. The monoisotopic (exact) mass is 1480 g/mol. The van der Waals surface area contributed by atoms with Crippen LogP contribution in [0.15, 0.2) is 0 Å². The van der Waals surface area contributed by atoms with Gasteiger partial charge in [-0.1, -0.05) is 0 Å². The van der Waals surface area contributed by atoms with Crippen molar-refractivity contribution in [2.24, 2.45) is 0 Å². The molecule has 0 aliphatic carbocycles. The highest BCUT2D eigenvalue weighted by Gasteiger charge is 2.60. The van der Waals surface area contributed by atoms with Crippen LogP contribution in [0.4, 0.5) is 0 Å². The van der Waals surface area contributed by atoms with Crippen molar-refractivity contribution in [1.82, 2.24) is 21.3 Å². The van der Waals surface area contributed by atoms with E-state index in [4.69, 9.17) is 71.1 Å². The molecule has 0 aromatic carbocycles. The second kappa shape index (κ2) is 36.3. The second-order valence-corrected chi connectivity index (χ2v) is 25.4. The van der Waals surface area contributed by atoms with E-state index in [1.807, 2.05) is 0 Å². The van der Waals surface area contributed by atoms with E-state index in [2.05, 4.69) is 21.3 Å². The molecule has 0 spiro atoms. The molecule has 45 nitrogen and oxygen atoms in total. The Kier molecular flexibility index (Phi) is 29.9. The Labute approximate surface area is 572 Å². The number of ether oxygens (including phenoxy) is 15. The number of hydrogen-bond donors (Lipinski definition) is 26. The summed E-state index contributed by atoms with van der Waals surface area (Å²) in [6.45, 7) is -4.56. The molecule has 4 amide bonds. The zero-order valence-electron chi connectivity index (χ0n) is 54.3. The number of hydrogen-bond acceptors (Lipinski definition) is 41. The summed E-state index contributed by atoms with van der Waals surface area (Å²) in [5, 5.41) is 252. The zero-order valence-corrected chi connectivity index (χ0v) is 54.3. The minimum atomic E-state index is -2.50. The van der Waals surface area contributed by atoms with Gasteiger partial charge in [0.1, 0.15) is 195 Å². The largest absolute Gasteiger partial charge is 0.394 e. The van der Waals surface area contributed by atoms with Crippen molar-refractivity contribution in [1.29, 1.82) is 0 Å². The van der Waals surface area contributed by atoms with Gasteiger partial charge in [-0.3, -0.25) is 19.2 Å². The van der Waals surface area contributed by atoms with Crippen molar-refractivity contribution in [3.05, 3.63) is 0 Å². The molecule has 584 valence electrons. The quantitative estimate of drug-likeness (QED) is 0.0382. The molecule has 0 aromatic heterocycles. The fourth-order valence-corrected chi connectivity index (χ4v) is 13.0. The first-order chi connectivity index (χ1) is 47.8. The molecule has 26 N–H and O–H groups in total. The summed E-state index contributed by atoms with van der Waals surface area (Å²) < 4.78 is 88.6. The number of aliphatic hydroxyl groups excluding tert-OH is 22. The van der Waals surface area contributed by atoms with Gasteiger partial charge in [0.2, 0.25) is 23.6 Å². The van der Waals surface area contributed by atoms with E-state index >= 15 is 0 Å². The van der Waals surface area contributed by atoms with Crippen molar-refractivity contribution >= 4 is 23.6 Å². The molecule has 0 radical (unpaired) electrons. The number of nitrogens with one attached hydrogen (secondary N) is 4. The minimum absolute atomic E-state index is 0.769. The van der Waals surface area contributed by atoms with E-state index in [0.717, 1.165) is 27.7 Å². The van der Waals surface area contributed by atoms with Gasteiger partial charge in [0.05, 0.1) is 52.9 Å². The average Bonchev–Trinajstić information content (AvgIpc) is 0.778. The molecule has 8 aliphatic rings. The lowest BCUT2D eigenvalue weighted by molar-refractivity contribution is -0.396. The summed E-state index contributed by atoms with van der Waals surface area (Å²) in [7, 11) is 0. The minimum Gasteiger partial charge on any atom is -0.394 e. The fourth-order valence-electron chi connectivity index (χ4n) is 13.0. The molecule has 8 fully saturated rings. The third-order valence-corrected chi connectivity index (χ3v) is 18.3. The summed E-state index contributed by atoms with van der Waals surface area (Å²) >= 11 is 0. The molecular weight excluding hydrogens is 1380 g/mol. The van der Waals surface area contributed by atoms with Gasteiger partial charge in [0, 0.05) is 27.7 Å². The van der Waals surface area contributed by atoms with Crippen LogP contribution in [0.3, 0.4) is 0 Å². The number of aliphatic hydroxyl groups is 22. The first kappa shape index (κ1) is 83.0. The summed E-state index contributed by atoms with van der Waals surface area (Å²) in [5.74, 6) is -3.45. The second-order valence-electron chi connectivity index (χ2n) is 25.4. The molecule has 0 saturated carbocycles. The van der Waals surface area contributed by atoms with Crippen molar-refractivity contribution in [3.8, 4) is 0 Å². The maximum atomic E-state index is 12.9. The van der Waals surface area contributed by atoms with Crippen LogP contribution in [0.5, 0.6) is 0 Å². The summed E-state index contributed by atoms with van der Waals surface area (Å²) in [4.78, 5) is 50.2. The first-order valence-electron chi connectivity index (χ1n) is 32.1. The van der Waals surface area contributed by atoms with Gasteiger partial charge in [0.15, 0.2) is 50.3 Å². The molecule has 8 rings (SSSR count). The standard InChI is InChI=1S/C56H94N4O41/c1-13(68)57-25-35(78)43(21(9-65)88-49(25)86)96-51-27(59-15(3)70)36(79)45(23(11-67)93-51)98-54-42(85)46(99-56-48(40(83)32(75)20(8-64)92-56)101-50-26(58-14(2)69)34(77)29(72)17(5-61)89-50)33(76)24(95-54)12-87-55-47(39(82)31(74)19(7-63)91-55)100-52-28(60-16(4)71)37(80)44(22(10-66)94-52)97-53-41(84)38(81)30(73)18(6-62)90-53/h17-56,61-67,72-86H,5-12H2,1-4H3,(H,57,68)(H,58,69)(H,59,70)(H,60,71)/t17-,18-,19-,20-,21-,22-,23-,24-,25-,26-,27-,28-,29-,30+,31-,32-,33-,34-,35-,36-,37-,38+,39+,40+,41-,42+,43-,44-,45-,46+,47+,48+,49-,50+,51+,52+,53+,54-,55+,56-/m1/s1. The van der Waals surface area contributed by atoms with E-state index in [0.29, 0.717) is 0 Å². The van der Waals surface area contributed by atoms with Crippen molar-refractivity contribution in [3.63, 3.8) is 0 Å². The molecule has 8 heterocycles. The van der Waals surface area contributed by atoms with E-state index in [9.17, 15) is 132 Å². The molecule has 45 heteroatoms. The molecule has 8 saturated heterocycles. The molecular formula is C56H94N4O41. The van der Waals surface area contributed by atoms with Crippen LogP contribution in [-0.4, -0.2) is 434 Å². The van der Waals surface area contributed by atoms with Crippen LogP contribution in [0, 0.1) is 0 Å². The molecule has 40 atom stereocenters. The lowest BCUT2D eigenvalue weighted by atomic mass is 9.93. The molecule has 101 heavy (non-hydrogen) atoms. The molecule has 0 bridgehead atoms. The smallest absolute Gasteiger partial charge is 0.217 e. The van der Waals surface area contributed by atoms with Gasteiger partial charge in [0.25, 0.3) is 0 Å². The SMILES string of the molecule is CC(=O)N[C@@H]1[C@@H](O)[C@H](O[C@@H]2O[C@H](CO)[C@@H](O[C@H]3O[C@H](CO[C@H]4O[C@H](CO)[C@@H](O)[C@H](O)[C@@H]4O[C@@H]4O[C@H](CO)[C@@H](O[C@@H]5O[C@H](CO)[C@H](O)[C@H](O)[C@H]5O)[C@H](O)[C@H]4NC(C)=O)[C@@H](O)[C@H](O[C@H]4O[C@H](CO)[C@@H](O)[C@H](O)[C@@H]4O[C@@H]4O[C@H](CO)[C@@H](O)[C@H](O)[C@H]4NC(C)=O)[C@@H]3O)[C@H](O)[C@H]2NC(C)=O)[C@@H](CO)O[C@H]1O. The van der Waals surface area contributed by atoms with Gasteiger partial charge in [-0.05, 0) is 0 Å². The Balaban J connectivity index is 1.13. The van der Waals surface area contributed by atoms with Crippen molar-refractivity contribution in [2.45, 2.75) is 273 Å². The van der Waals surface area contributed by atoms with Crippen LogP contribution >= 0.6 is 0 Å². The maximum Gasteiger partial charge on any atom is 0.217 e. The van der Waals surface area contributed by atoms with Gasteiger partial charge in [-0.25, -0.2) is 0 Å². The number of rotatable bonds is 26. The summed E-state index contributed by atoms with van der Waals surface area (Å²) in [6, 6.07) is -7.13. The Morgan fingerprint density at radius 2 is 0.545 bits per heavy atom. The Bertz CT molecular complexity index is 2640. The number of carbonyl (C=O) groups is 4. The van der Waals surface area contributed by atoms with Crippen molar-refractivity contribution in [2.75, 3.05) is 52.9 Å². The Morgan fingerprint density at radius 3 is 0.970 bits per heavy atom. The predicted octanol–water partition coefficient (Wildman–Crippen LogP) is -17.9. The summed E-state index contributed by atoms with van der Waals surface area (Å²) in [6.07, 6.45) is -73.3. The lowest BCUT2D eigenvalue weighted by Gasteiger charge is -2.51. The number of carbonyl (C=O) groups excluding carboxylic acids is 4. The Hall–Kier alpha value is -3.60. The fraction of sp³-hybridized carbons (Fsp3) is 0.929. The molecule has 8 aliphatic heterocycles. The summed E-state index contributed by atoms with van der Waals surface area (Å²) in [5.41, 5.74) is 0. The van der Waals surface area contributed by atoms with Crippen LogP contribution < -0.4 is 21.3 Å². The highest BCUT2D eigenvalue weighted by atomic mass is 16.8. The highest BCUT2D eigenvalue weighted by molar-refractivity contribution is 5.74. The van der Waals surface area contributed by atoms with E-state index in [1.165, 1.54) is 0 Å². The van der Waals surface area contributed by atoms with Gasteiger partial charge >= 0.3 is 0 Å². The average molecular weight is 1480 g/mol. The van der Waals surface area contributed by atoms with Gasteiger partial charge in [-0.15, -0.1) is 0 Å². The first-order valence-corrected chi connectivity index (χ1v) is 32.1. The lowest BCUT2D eigenvalue weighted by Crippen LogP contribution is -2.70. The van der Waals surface area contributed by atoms with Crippen molar-refractivity contribution < 1.29 is 203 Å². The Morgan fingerprint density at radius 1 is 0.257 bits per heavy atom. The van der Waals surface area contributed by atoms with E-state index in [-0.39, 0.29) is 0 Å². The van der Waals surface area contributed by atoms with Crippen LogP contribution in [0.2, 0.25) is 0 Å². The van der Waals surface area contributed by atoms with Gasteiger partial charge in [-0.2, -0.15) is 0 Å². The maximum absolute atomic E-state index is 12.9. The number of amides is 4. The normalized spacial score (nSPS) is 48.3. The van der Waals surface area contributed by atoms with Crippen LogP contribution in [0.1, 0.15) is 27.7 Å². The topological polar surface area (TPSA) is 700 Å². The molecule has 0 aromatic rings. The predicted molar refractivity (Wildman–Crippen MR) is 311 cm³/mol. The van der Waals surface area contributed by atoms with E-state index < -0.39 is 322 Å². The highest BCUT2D eigenvalue weighted by Crippen LogP contribution is 2.39. The van der Waals surface area contributed by atoms with Crippen LogP contribution in [0.25, 0.3) is 0 Å². The molecule has 0 unspecified atom stereocenters. The zero-order chi connectivity index (χ0) is 74.5. The van der Waals surface area contributed by atoms with E-state index in [1.54, 1.807) is 0 Å².